The van der Waals surface area contributed by atoms with Gasteiger partial charge in [0.2, 0.25) is 0 Å². The van der Waals surface area contributed by atoms with Crippen LogP contribution >= 0.6 is 0 Å². The zero-order chi connectivity index (χ0) is 15.6. The van der Waals surface area contributed by atoms with Crippen LogP contribution in [-0.4, -0.2) is 41.5 Å². The lowest BCUT2D eigenvalue weighted by molar-refractivity contribution is 0.0620. The number of carbonyl (C=O) groups is 1. The molecule has 0 unspecified atom stereocenters. The molecule has 1 N–H and O–H groups in total. The molecule has 1 atom stereocenters. The molecule has 0 radical (unpaired) electrons. The number of hydrogen-bond acceptors (Lipinski definition) is 5. The number of hydrogen-bond donors (Lipinski definition) is 1. The van der Waals surface area contributed by atoms with E-state index in [0.29, 0.717) is 23.2 Å². The fraction of sp³-hybridized carbons (Fsp3) is 0.412. The predicted molar refractivity (Wildman–Crippen MR) is 83.4 cm³/mol. The van der Waals surface area contributed by atoms with Crippen molar-refractivity contribution in [2.24, 2.45) is 5.92 Å². The van der Waals surface area contributed by atoms with E-state index in [1.807, 2.05) is 0 Å². The summed E-state index contributed by atoms with van der Waals surface area (Å²) in [4.78, 5) is 18.6. The minimum absolute atomic E-state index is 0.0186. The molecular formula is C17H19N3O3. The van der Waals surface area contributed by atoms with Crippen molar-refractivity contribution in [1.29, 1.82) is 0 Å². The minimum Gasteiger partial charge on any atom is -0.425 e. The van der Waals surface area contributed by atoms with E-state index in [4.69, 9.17) is 9.15 Å². The van der Waals surface area contributed by atoms with Crippen molar-refractivity contribution >= 4 is 5.91 Å². The number of piperidine rings is 3. The summed E-state index contributed by atoms with van der Waals surface area (Å²) in [5.74, 6) is 1.54. The summed E-state index contributed by atoms with van der Waals surface area (Å²) in [5, 5.41) is 3.18. The van der Waals surface area contributed by atoms with Gasteiger partial charge in [-0.3, -0.25) is 4.79 Å². The first-order valence-electron chi connectivity index (χ1n) is 7.97. The Bertz CT molecular complexity index is 661. The van der Waals surface area contributed by atoms with Gasteiger partial charge in [0, 0.05) is 18.2 Å². The normalized spacial score (nSPS) is 26.0. The molecular weight excluding hydrogens is 294 g/mol. The third-order valence-corrected chi connectivity index (χ3v) is 4.72. The van der Waals surface area contributed by atoms with Crippen LogP contribution in [0.4, 0.5) is 0 Å². The van der Waals surface area contributed by atoms with Gasteiger partial charge in [-0.25, -0.2) is 4.98 Å². The Morgan fingerprint density at radius 3 is 2.65 bits per heavy atom. The zero-order valence-electron chi connectivity index (χ0n) is 12.8. The Labute approximate surface area is 134 Å². The average Bonchev–Trinajstić information content (AvgIpc) is 3.09. The number of fused-ring (bicyclic) bond motifs is 3. The van der Waals surface area contributed by atoms with Crippen molar-refractivity contribution in [3.05, 3.63) is 42.4 Å². The zero-order valence-corrected chi connectivity index (χ0v) is 12.8. The van der Waals surface area contributed by atoms with Crippen molar-refractivity contribution < 1.29 is 13.9 Å². The Kier molecular flexibility index (Phi) is 3.75. The third-order valence-electron chi connectivity index (χ3n) is 4.72. The highest BCUT2D eigenvalue weighted by Gasteiger charge is 2.34. The SMILES string of the molecule is O=C(N[C@H]1CN2CCC1CC2)c1ccc(Oc2cnco2)cc1. The maximum absolute atomic E-state index is 12.4. The number of oxazole rings is 1. The predicted octanol–water partition coefficient (Wildman–Crippen LogP) is 2.29. The summed E-state index contributed by atoms with van der Waals surface area (Å²) >= 11 is 0. The van der Waals surface area contributed by atoms with Crippen molar-refractivity contribution in [3.8, 4) is 11.7 Å². The number of nitrogens with one attached hydrogen (secondary N) is 1. The fourth-order valence-electron chi connectivity index (χ4n) is 3.43. The molecule has 3 aliphatic rings. The van der Waals surface area contributed by atoms with Gasteiger partial charge in [0.1, 0.15) is 11.9 Å². The summed E-state index contributed by atoms with van der Waals surface area (Å²) < 4.78 is 10.5. The fourth-order valence-corrected chi connectivity index (χ4v) is 3.43. The van der Waals surface area contributed by atoms with Crippen LogP contribution in [0.25, 0.3) is 0 Å². The van der Waals surface area contributed by atoms with E-state index in [1.165, 1.54) is 38.5 Å². The Hall–Kier alpha value is -2.34. The third kappa shape index (κ3) is 3.07. The first-order valence-corrected chi connectivity index (χ1v) is 7.97. The maximum atomic E-state index is 12.4. The van der Waals surface area contributed by atoms with Gasteiger partial charge in [0.15, 0.2) is 6.39 Å². The van der Waals surface area contributed by atoms with Crippen LogP contribution in [0, 0.1) is 5.92 Å². The van der Waals surface area contributed by atoms with Gasteiger partial charge in [0.05, 0.1) is 0 Å². The number of rotatable bonds is 4. The van der Waals surface area contributed by atoms with E-state index in [-0.39, 0.29) is 11.9 Å². The minimum atomic E-state index is -0.0186. The molecule has 3 aliphatic heterocycles. The van der Waals surface area contributed by atoms with E-state index in [9.17, 15) is 4.79 Å². The van der Waals surface area contributed by atoms with E-state index in [0.717, 1.165) is 6.54 Å². The molecule has 6 heteroatoms. The number of aromatic nitrogens is 1. The highest BCUT2D eigenvalue weighted by Crippen LogP contribution is 2.28. The molecule has 1 aromatic heterocycles. The van der Waals surface area contributed by atoms with Crippen LogP contribution in [0.5, 0.6) is 11.7 Å². The van der Waals surface area contributed by atoms with Crippen LogP contribution in [0.3, 0.4) is 0 Å². The van der Waals surface area contributed by atoms with Crippen molar-refractivity contribution in [3.63, 3.8) is 0 Å². The molecule has 0 saturated carbocycles. The largest absolute Gasteiger partial charge is 0.425 e. The van der Waals surface area contributed by atoms with Gasteiger partial charge < -0.3 is 19.4 Å². The first-order chi connectivity index (χ1) is 11.3. The second-order valence-corrected chi connectivity index (χ2v) is 6.16. The van der Waals surface area contributed by atoms with Gasteiger partial charge >= 0.3 is 5.95 Å². The molecule has 2 aromatic rings. The van der Waals surface area contributed by atoms with E-state index >= 15 is 0 Å². The molecule has 6 nitrogen and oxygen atoms in total. The number of benzene rings is 1. The highest BCUT2D eigenvalue weighted by molar-refractivity contribution is 5.94. The Balaban J connectivity index is 1.38. The summed E-state index contributed by atoms with van der Waals surface area (Å²) in [7, 11) is 0. The number of carbonyl (C=O) groups excluding carboxylic acids is 1. The van der Waals surface area contributed by atoms with Crippen LogP contribution in [-0.2, 0) is 0 Å². The molecule has 0 aliphatic carbocycles. The van der Waals surface area contributed by atoms with E-state index in [2.05, 4.69) is 15.2 Å². The molecule has 1 amide bonds. The molecule has 2 bridgehead atoms. The number of amides is 1. The van der Waals surface area contributed by atoms with Crippen molar-refractivity contribution in [1.82, 2.24) is 15.2 Å². The lowest BCUT2D eigenvalue weighted by Crippen LogP contribution is -2.57. The summed E-state index contributed by atoms with van der Waals surface area (Å²) in [6.07, 6.45) is 5.18. The molecule has 120 valence electrons. The molecule has 3 fully saturated rings. The highest BCUT2D eigenvalue weighted by atomic mass is 16.6. The van der Waals surface area contributed by atoms with Crippen molar-refractivity contribution in [2.45, 2.75) is 18.9 Å². The summed E-state index contributed by atoms with van der Waals surface area (Å²) in [6, 6.07) is 7.32. The smallest absolute Gasteiger partial charge is 0.310 e. The van der Waals surface area contributed by atoms with E-state index in [1.54, 1.807) is 24.3 Å². The lowest BCUT2D eigenvalue weighted by Gasteiger charge is -2.44. The van der Waals surface area contributed by atoms with Gasteiger partial charge in [0.25, 0.3) is 5.91 Å². The average molecular weight is 313 g/mol. The van der Waals surface area contributed by atoms with Gasteiger partial charge in [-0.1, -0.05) is 0 Å². The summed E-state index contributed by atoms with van der Waals surface area (Å²) in [6.45, 7) is 3.32. The van der Waals surface area contributed by atoms with Crippen LogP contribution < -0.4 is 10.1 Å². The standard InChI is InChI=1S/C17H19N3O3/c21-17(19-15-10-20-7-5-12(15)6-8-20)13-1-3-14(4-2-13)23-16-9-18-11-22-16/h1-4,9,11-12,15H,5-8,10H2,(H,19,21)/t15-/m0/s1. The van der Waals surface area contributed by atoms with E-state index < -0.39 is 0 Å². The van der Waals surface area contributed by atoms with Gasteiger partial charge in [-0.15, -0.1) is 0 Å². The Morgan fingerprint density at radius 1 is 1.26 bits per heavy atom. The first kappa shape index (κ1) is 14.3. The van der Waals surface area contributed by atoms with Crippen LogP contribution in [0.15, 0.2) is 41.3 Å². The molecule has 0 spiro atoms. The van der Waals surface area contributed by atoms with Crippen LogP contribution in [0.2, 0.25) is 0 Å². The Morgan fingerprint density at radius 2 is 2.04 bits per heavy atom. The molecule has 23 heavy (non-hydrogen) atoms. The topological polar surface area (TPSA) is 67.6 Å². The second kappa shape index (κ2) is 6.04. The molecule has 4 heterocycles. The number of ether oxygens (including phenoxy) is 1. The van der Waals surface area contributed by atoms with Crippen molar-refractivity contribution in [2.75, 3.05) is 19.6 Å². The molecule has 5 rings (SSSR count). The van der Waals surface area contributed by atoms with Crippen LogP contribution in [0.1, 0.15) is 23.2 Å². The molecule has 3 saturated heterocycles. The second-order valence-electron chi connectivity index (χ2n) is 6.16. The van der Waals surface area contributed by atoms with Gasteiger partial charge in [-0.2, -0.15) is 0 Å². The number of nitrogens with zero attached hydrogens (tertiary/aromatic N) is 2. The lowest BCUT2D eigenvalue weighted by atomic mass is 9.84. The monoisotopic (exact) mass is 313 g/mol. The maximum Gasteiger partial charge on any atom is 0.310 e. The quantitative estimate of drug-likeness (QED) is 0.938. The van der Waals surface area contributed by atoms with Gasteiger partial charge in [-0.05, 0) is 56.1 Å². The molecule has 1 aromatic carbocycles. The summed E-state index contributed by atoms with van der Waals surface area (Å²) in [5.41, 5.74) is 0.645.